The predicted molar refractivity (Wildman–Crippen MR) is 71.1 cm³/mol. The van der Waals surface area contributed by atoms with Crippen molar-refractivity contribution in [3.05, 3.63) is 33.2 Å². The largest absolute Gasteiger partial charge is 0.389 e. The maximum Gasteiger partial charge on any atom is 0.261 e. The van der Waals surface area contributed by atoms with Gasteiger partial charge in [-0.1, -0.05) is 19.1 Å². The number of hydrogen-bond donors (Lipinski definition) is 1. The van der Waals surface area contributed by atoms with Gasteiger partial charge in [0, 0.05) is 11.7 Å². The number of pyridine rings is 1. The Morgan fingerprint density at radius 2 is 2.12 bits per heavy atom. The van der Waals surface area contributed by atoms with Gasteiger partial charge in [-0.05, 0) is 38.8 Å². The lowest BCUT2D eigenvalue weighted by Gasteiger charge is -2.19. The molecule has 1 unspecified atom stereocenters. The van der Waals surface area contributed by atoms with Gasteiger partial charge in [-0.2, -0.15) is 0 Å². The molecule has 0 fully saturated rings. The third kappa shape index (κ3) is 2.16. The van der Waals surface area contributed by atoms with Gasteiger partial charge in [-0.3, -0.25) is 4.79 Å². The molecule has 0 aliphatic carbocycles. The molecule has 88 valence electrons. The lowest BCUT2D eigenvalue weighted by molar-refractivity contribution is 0.501. The first kappa shape index (κ1) is 12.9. The molecule has 0 bridgehead atoms. The molecule has 0 saturated heterocycles. The number of aryl methyl sites for hydroxylation is 2. The normalized spacial score (nSPS) is 12.5. The summed E-state index contributed by atoms with van der Waals surface area (Å²) in [7, 11) is 0. The van der Waals surface area contributed by atoms with E-state index < -0.39 is 0 Å². The van der Waals surface area contributed by atoms with Crippen LogP contribution >= 0.6 is 12.2 Å². The van der Waals surface area contributed by atoms with Crippen LogP contribution in [0, 0.1) is 13.8 Å². The molecule has 16 heavy (non-hydrogen) atoms. The van der Waals surface area contributed by atoms with Crippen LogP contribution in [0.3, 0.4) is 0 Å². The molecule has 0 aliphatic heterocycles. The molecule has 2 N–H and O–H groups in total. The summed E-state index contributed by atoms with van der Waals surface area (Å²) in [5.74, 6) is 0. The minimum Gasteiger partial charge on any atom is -0.389 e. The van der Waals surface area contributed by atoms with Gasteiger partial charge >= 0.3 is 0 Å². The zero-order valence-corrected chi connectivity index (χ0v) is 11.0. The number of thiocarbonyl (C=S) groups is 1. The second kappa shape index (κ2) is 4.78. The van der Waals surface area contributed by atoms with Crippen molar-refractivity contribution in [1.29, 1.82) is 0 Å². The quantitative estimate of drug-likeness (QED) is 0.820. The van der Waals surface area contributed by atoms with Gasteiger partial charge in [0.05, 0.1) is 5.56 Å². The topological polar surface area (TPSA) is 48.0 Å². The number of nitrogens with zero attached hydrogens (tertiary/aromatic N) is 1. The van der Waals surface area contributed by atoms with Crippen LogP contribution in [0.4, 0.5) is 0 Å². The van der Waals surface area contributed by atoms with E-state index in [2.05, 4.69) is 6.92 Å². The Balaban J connectivity index is 3.58. The van der Waals surface area contributed by atoms with Crippen molar-refractivity contribution in [2.75, 3.05) is 0 Å². The third-order valence-electron chi connectivity index (χ3n) is 2.91. The highest BCUT2D eigenvalue weighted by atomic mass is 32.1. The first-order valence-electron chi connectivity index (χ1n) is 5.42. The van der Waals surface area contributed by atoms with Gasteiger partial charge in [0.1, 0.15) is 4.99 Å². The molecule has 0 spiro atoms. The Morgan fingerprint density at radius 1 is 1.56 bits per heavy atom. The van der Waals surface area contributed by atoms with Crippen molar-refractivity contribution in [3.8, 4) is 0 Å². The first-order chi connectivity index (χ1) is 7.40. The van der Waals surface area contributed by atoms with E-state index in [1.165, 1.54) is 0 Å². The highest BCUT2D eigenvalue weighted by Crippen LogP contribution is 2.13. The van der Waals surface area contributed by atoms with Crippen LogP contribution in [-0.2, 0) is 0 Å². The highest BCUT2D eigenvalue weighted by molar-refractivity contribution is 7.80. The van der Waals surface area contributed by atoms with Crippen LogP contribution in [-0.4, -0.2) is 9.56 Å². The molecule has 0 aromatic carbocycles. The first-order valence-corrected chi connectivity index (χ1v) is 5.83. The van der Waals surface area contributed by atoms with Crippen molar-refractivity contribution in [1.82, 2.24) is 4.57 Å². The Labute approximate surface area is 101 Å². The van der Waals surface area contributed by atoms with E-state index >= 15 is 0 Å². The van der Waals surface area contributed by atoms with Gasteiger partial charge in [-0.25, -0.2) is 0 Å². The molecule has 0 aliphatic rings. The number of rotatable bonds is 3. The van der Waals surface area contributed by atoms with E-state index in [-0.39, 0.29) is 16.6 Å². The Kier molecular flexibility index (Phi) is 3.86. The van der Waals surface area contributed by atoms with Gasteiger partial charge < -0.3 is 10.3 Å². The fraction of sp³-hybridized carbons (Fsp3) is 0.500. The summed E-state index contributed by atoms with van der Waals surface area (Å²) in [4.78, 5) is 12.4. The predicted octanol–water partition coefficient (Wildman–Crippen LogP) is 2.07. The molecule has 3 nitrogen and oxygen atoms in total. The standard InChI is InChI=1S/C12H18N2OS/c1-5-8(3)14-9(4)6-7(2)10(11(13)16)12(14)15/h6,8H,5H2,1-4H3,(H2,13,16). The van der Waals surface area contributed by atoms with Crippen LogP contribution in [0.2, 0.25) is 0 Å². The monoisotopic (exact) mass is 238 g/mol. The molecule has 0 amide bonds. The van der Waals surface area contributed by atoms with Crippen molar-refractivity contribution in [2.45, 2.75) is 40.2 Å². The summed E-state index contributed by atoms with van der Waals surface area (Å²) >= 11 is 4.93. The van der Waals surface area contributed by atoms with E-state index in [1.807, 2.05) is 26.8 Å². The molecule has 1 aromatic heterocycles. The zero-order valence-electron chi connectivity index (χ0n) is 10.2. The van der Waals surface area contributed by atoms with Gasteiger partial charge in [-0.15, -0.1) is 0 Å². The van der Waals surface area contributed by atoms with Crippen molar-refractivity contribution < 1.29 is 0 Å². The van der Waals surface area contributed by atoms with Crippen molar-refractivity contribution >= 4 is 17.2 Å². The fourth-order valence-electron chi connectivity index (χ4n) is 1.93. The average Bonchev–Trinajstić information content (AvgIpc) is 2.15. The van der Waals surface area contributed by atoms with Crippen LogP contribution in [0.15, 0.2) is 10.9 Å². The fourth-order valence-corrected chi connectivity index (χ4v) is 2.18. The lowest BCUT2D eigenvalue weighted by atomic mass is 10.1. The average molecular weight is 238 g/mol. The van der Waals surface area contributed by atoms with E-state index in [0.717, 1.165) is 17.7 Å². The Hall–Kier alpha value is -1.16. The number of nitrogens with two attached hydrogens (primary N) is 1. The van der Waals surface area contributed by atoms with E-state index in [4.69, 9.17) is 18.0 Å². The van der Waals surface area contributed by atoms with Crippen LogP contribution in [0.5, 0.6) is 0 Å². The Bertz CT molecular complexity index is 477. The number of hydrogen-bond acceptors (Lipinski definition) is 2. The molecule has 1 heterocycles. The number of aromatic nitrogens is 1. The van der Waals surface area contributed by atoms with E-state index in [9.17, 15) is 4.79 Å². The van der Waals surface area contributed by atoms with Gasteiger partial charge in [0.15, 0.2) is 0 Å². The van der Waals surface area contributed by atoms with Crippen LogP contribution < -0.4 is 11.3 Å². The molecular weight excluding hydrogens is 220 g/mol. The maximum absolute atomic E-state index is 12.2. The third-order valence-corrected chi connectivity index (χ3v) is 3.11. The van der Waals surface area contributed by atoms with Gasteiger partial charge in [0.25, 0.3) is 5.56 Å². The summed E-state index contributed by atoms with van der Waals surface area (Å²) < 4.78 is 1.77. The summed E-state index contributed by atoms with van der Waals surface area (Å²) in [6, 6.07) is 2.13. The minimum absolute atomic E-state index is 0.0700. The van der Waals surface area contributed by atoms with Crippen LogP contribution in [0.25, 0.3) is 0 Å². The van der Waals surface area contributed by atoms with Crippen molar-refractivity contribution in [2.24, 2.45) is 5.73 Å². The smallest absolute Gasteiger partial charge is 0.261 e. The molecule has 0 radical (unpaired) electrons. The summed E-state index contributed by atoms with van der Waals surface area (Å²) in [5, 5.41) is 0. The van der Waals surface area contributed by atoms with Gasteiger partial charge in [0.2, 0.25) is 0 Å². The minimum atomic E-state index is -0.0700. The van der Waals surface area contributed by atoms with E-state index in [1.54, 1.807) is 4.57 Å². The van der Waals surface area contributed by atoms with Crippen LogP contribution in [0.1, 0.15) is 43.1 Å². The second-order valence-corrected chi connectivity index (χ2v) is 4.58. The molecular formula is C12H18N2OS. The summed E-state index contributed by atoms with van der Waals surface area (Å²) in [6.07, 6.45) is 0.903. The molecule has 1 aromatic rings. The summed E-state index contributed by atoms with van der Waals surface area (Å²) in [5.41, 5.74) is 7.81. The maximum atomic E-state index is 12.2. The lowest BCUT2D eigenvalue weighted by Crippen LogP contribution is -2.33. The second-order valence-electron chi connectivity index (χ2n) is 4.14. The molecule has 0 saturated carbocycles. The molecule has 4 heteroatoms. The molecule has 1 atom stereocenters. The van der Waals surface area contributed by atoms with Crippen molar-refractivity contribution in [3.63, 3.8) is 0 Å². The highest BCUT2D eigenvalue weighted by Gasteiger charge is 2.15. The summed E-state index contributed by atoms with van der Waals surface area (Å²) in [6.45, 7) is 7.87. The SMILES string of the molecule is CCC(C)n1c(C)cc(C)c(C(N)=S)c1=O. The molecule has 1 rings (SSSR count). The Morgan fingerprint density at radius 3 is 2.56 bits per heavy atom. The zero-order chi connectivity index (χ0) is 12.5. The van der Waals surface area contributed by atoms with E-state index in [0.29, 0.717) is 5.56 Å².